The summed E-state index contributed by atoms with van der Waals surface area (Å²) in [6, 6.07) is 16.9. The Balaban J connectivity index is 1.01. The summed E-state index contributed by atoms with van der Waals surface area (Å²) in [6.07, 6.45) is 3.87. The Morgan fingerprint density at radius 3 is 2.26 bits per heavy atom. The average molecular weight is 1050 g/mol. The van der Waals surface area contributed by atoms with Gasteiger partial charge in [0.25, 0.3) is 11.8 Å². The summed E-state index contributed by atoms with van der Waals surface area (Å²) in [7, 11) is 0. The van der Waals surface area contributed by atoms with Crippen LogP contribution in [0.3, 0.4) is 0 Å². The number of rotatable bonds is 23. The topological polar surface area (TPSA) is 246 Å². The quantitative estimate of drug-likeness (QED) is 0.0452. The van der Waals surface area contributed by atoms with Gasteiger partial charge in [-0.05, 0) is 72.1 Å². The lowest BCUT2D eigenvalue weighted by Crippen LogP contribution is -2.51. The number of amides is 9. The van der Waals surface area contributed by atoms with Gasteiger partial charge in [0.15, 0.2) is 11.6 Å². The molecule has 1 aromatic heterocycles. The van der Waals surface area contributed by atoms with E-state index in [1.165, 1.54) is 12.2 Å². The third-order valence-electron chi connectivity index (χ3n) is 12.6. The number of urea groups is 1. The number of unbranched alkanes of at least 4 members (excludes halogenated alkanes) is 2. The first-order valence-corrected chi connectivity index (χ1v) is 25.4. The molecular formula is C54H67F2N11O9. The highest BCUT2D eigenvalue weighted by molar-refractivity contribution is 6.12. The van der Waals surface area contributed by atoms with Gasteiger partial charge in [0.1, 0.15) is 24.3 Å². The fourth-order valence-corrected chi connectivity index (χ4v) is 8.65. The van der Waals surface area contributed by atoms with Crippen LogP contribution in [0.2, 0.25) is 0 Å². The molecule has 1 saturated heterocycles. The van der Waals surface area contributed by atoms with E-state index in [-0.39, 0.29) is 125 Å². The maximum atomic E-state index is 15.3. The van der Waals surface area contributed by atoms with Crippen molar-refractivity contribution in [1.29, 1.82) is 0 Å². The van der Waals surface area contributed by atoms with Gasteiger partial charge in [0.05, 0.1) is 24.7 Å². The summed E-state index contributed by atoms with van der Waals surface area (Å²) >= 11 is 0. The molecule has 0 saturated carbocycles. The number of nitrogens with one attached hydrogen (secondary N) is 5. The van der Waals surface area contributed by atoms with Gasteiger partial charge in [-0.15, -0.1) is 0 Å². The first kappa shape index (κ1) is 57.2. The molecule has 406 valence electrons. The number of carbonyl (C=O) groups excluding carboxylic acids is 8. The summed E-state index contributed by atoms with van der Waals surface area (Å²) < 4.78 is 36.9. The molecule has 2 unspecified atom stereocenters. The van der Waals surface area contributed by atoms with E-state index < -0.39 is 47.0 Å². The highest BCUT2D eigenvalue weighted by Gasteiger charge is 2.41. The fourth-order valence-electron chi connectivity index (χ4n) is 8.65. The zero-order chi connectivity index (χ0) is 54.9. The molecule has 3 aromatic carbocycles. The summed E-state index contributed by atoms with van der Waals surface area (Å²) in [5, 5.41) is 18.2. The SMILES string of the molecule is CC(C)C(NC(=O)CCCCCN1C(=O)C=CC1=O)C(=O)NCC(=O)Nc1ccc(COC(=O)NCCCN(C(=O)N2CCNC(=O)CC2)C(c2nc(-c3cc(F)ccc3F)nn2Cc2ccccc2)C(C)(C)C)cc1. The largest absolute Gasteiger partial charge is 0.445 e. The van der Waals surface area contributed by atoms with Gasteiger partial charge < -0.3 is 41.1 Å². The second-order valence-corrected chi connectivity index (χ2v) is 20.0. The van der Waals surface area contributed by atoms with Crippen molar-refractivity contribution in [3.8, 4) is 11.4 Å². The third kappa shape index (κ3) is 16.5. The minimum atomic E-state index is -0.883. The van der Waals surface area contributed by atoms with Crippen molar-refractivity contribution in [2.75, 3.05) is 51.1 Å². The maximum absolute atomic E-state index is 15.3. The smallest absolute Gasteiger partial charge is 0.407 e. The molecule has 0 spiro atoms. The maximum Gasteiger partial charge on any atom is 0.407 e. The van der Waals surface area contributed by atoms with E-state index in [0.717, 1.165) is 28.7 Å². The minimum absolute atomic E-state index is 0.0613. The van der Waals surface area contributed by atoms with Gasteiger partial charge in [-0.25, -0.2) is 28.0 Å². The van der Waals surface area contributed by atoms with E-state index >= 15 is 4.39 Å². The van der Waals surface area contributed by atoms with Crippen molar-refractivity contribution < 1.29 is 51.9 Å². The zero-order valence-electron chi connectivity index (χ0n) is 43.5. The number of halogens is 2. The van der Waals surface area contributed by atoms with Crippen LogP contribution in [0.5, 0.6) is 0 Å². The highest BCUT2D eigenvalue weighted by atomic mass is 19.1. The van der Waals surface area contributed by atoms with Crippen LogP contribution in [0, 0.1) is 23.0 Å². The number of carbonyl (C=O) groups is 8. The number of hydrogen-bond donors (Lipinski definition) is 5. The molecule has 3 heterocycles. The van der Waals surface area contributed by atoms with E-state index in [4.69, 9.17) is 9.72 Å². The van der Waals surface area contributed by atoms with Gasteiger partial charge in [-0.3, -0.25) is 33.7 Å². The van der Waals surface area contributed by atoms with Crippen LogP contribution in [0.4, 0.5) is 24.1 Å². The Bertz CT molecular complexity index is 2730. The Morgan fingerprint density at radius 2 is 1.57 bits per heavy atom. The summed E-state index contributed by atoms with van der Waals surface area (Å²) in [5.41, 5.74) is 1.01. The van der Waals surface area contributed by atoms with Gasteiger partial charge in [-0.1, -0.05) is 83.5 Å². The second-order valence-electron chi connectivity index (χ2n) is 20.0. The molecule has 0 bridgehead atoms. The van der Waals surface area contributed by atoms with Crippen molar-refractivity contribution in [3.05, 3.63) is 114 Å². The molecule has 6 rings (SSSR count). The predicted octanol–water partition coefficient (Wildman–Crippen LogP) is 5.60. The molecule has 76 heavy (non-hydrogen) atoms. The van der Waals surface area contributed by atoms with Crippen LogP contribution in [0.15, 0.2) is 84.9 Å². The predicted molar refractivity (Wildman–Crippen MR) is 276 cm³/mol. The standard InChI is InChI=1S/C54H67F2N11O9/c1-35(2)47(61-43(69)15-10-7-11-27-65-45(71)22-23-46(65)72)51(73)59-32-44(70)60-39-19-16-37(17-20-39)34-76-52(74)58-25-12-28-66(53(75)64-29-24-42(68)57-26-30-64)48(54(3,4)5)50-62-49(40-31-38(55)18-21-41(40)56)63-67(50)33-36-13-8-6-9-14-36/h6,8-9,13-14,16-23,31,35,47-48H,7,10-12,15,24-30,32-34H2,1-5H3,(H,57,68)(H,58,74)(H,59,73)(H,60,70)(H,61,69). The average Bonchev–Trinajstić information content (AvgIpc) is 3.85. The van der Waals surface area contributed by atoms with Gasteiger partial charge in [-0.2, -0.15) is 5.10 Å². The van der Waals surface area contributed by atoms with Gasteiger partial charge in [0, 0.05) is 69.9 Å². The molecular weight excluding hydrogens is 985 g/mol. The minimum Gasteiger partial charge on any atom is -0.445 e. The lowest BCUT2D eigenvalue weighted by atomic mass is 9.84. The van der Waals surface area contributed by atoms with Gasteiger partial charge >= 0.3 is 12.1 Å². The molecule has 0 aliphatic carbocycles. The third-order valence-corrected chi connectivity index (χ3v) is 12.6. The lowest BCUT2D eigenvalue weighted by Gasteiger charge is -2.41. The number of nitrogens with zero attached hydrogens (tertiary/aromatic N) is 6. The van der Waals surface area contributed by atoms with E-state index in [2.05, 4.69) is 31.7 Å². The van der Waals surface area contributed by atoms with Crippen LogP contribution in [-0.2, 0) is 46.7 Å². The highest BCUT2D eigenvalue weighted by Crippen LogP contribution is 2.39. The number of alkyl carbamates (subject to hydrolysis) is 1. The molecule has 22 heteroatoms. The molecule has 20 nitrogen and oxygen atoms in total. The van der Waals surface area contributed by atoms with Crippen LogP contribution < -0.4 is 26.6 Å². The number of benzene rings is 3. The molecule has 2 aliphatic rings. The van der Waals surface area contributed by atoms with E-state index in [0.29, 0.717) is 36.3 Å². The van der Waals surface area contributed by atoms with Crippen molar-refractivity contribution >= 4 is 53.3 Å². The summed E-state index contributed by atoms with van der Waals surface area (Å²) in [4.78, 5) is 111. The Kier molecular flexibility index (Phi) is 20.3. The van der Waals surface area contributed by atoms with Crippen molar-refractivity contribution in [3.63, 3.8) is 0 Å². The Labute approximate surface area is 440 Å². The number of anilines is 1. The number of hydrogen-bond acceptors (Lipinski definition) is 11. The Hall–Kier alpha value is -8.04. The first-order chi connectivity index (χ1) is 36.3. The molecule has 5 N–H and O–H groups in total. The molecule has 2 atom stereocenters. The van der Waals surface area contributed by atoms with Gasteiger partial charge in [0.2, 0.25) is 23.6 Å². The van der Waals surface area contributed by atoms with Crippen molar-refractivity contribution in [2.45, 2.75) is 98.4 Å². The molecule has 2 aliphatic heterocycles. The number of ether oxygens (including phenoxy) is 1. The number of imide groups is 1. The van der Waals surface area contributed by atoms with Crippen LogP contribution >= 0.6 is 0 Å². The molecule has 1 fully saturated rings. The second kappa shape index (κ2) is 27.0. The van der Waals surface area contributed by atoms with Crippen LogP contribution in [-0.4, -0.2) is 129 Å². The van der Waals surface area contributed by atoms with Crippen molar-refractivity contribution in [1.82, 2.24) is 50.7 Å². The molecule has 4 aromatic rings. The molecule has 0 radical (unpaired) electrons. The summed E-state index contributed by atoms with van der Waals surface area (Å²) in [6.45, 7) is 10.2. The van der Waals surface area contributed by atoms with Crippen molar-refractivity contribution in [2.24, 2.45) is 11.3 Å². The summed E-state index contributed by atoms with van der Waals surface area (Å²) in [5.74, 6) is -3.66. The van der Waals surface area contributed by atoms with E-state index in [1.54, 1.807) is 52.6 Å². The number of aromatic nitrogens is 3. The van der Waals surface area contributed by atoms with E-state index in [1.807, 2.05) is 51.1 Å². The van der Waals surface area contributed by atoms with E-state index in [9.17, 15) is 42.7 Å². The fraction of sp³-hybridized carbons (Fsp3) is 0.444. The molecule has 9 amide bonds. The first-order valence-electron chi connectivity index (χ1n) is 25.4. The Morgan fingerprint density at radius 1 is 0.842 bits per heavy atom. The van der Waals surface area contributed by atoms with Crippen LogP contribution in [0.1, 0.15) is 96.1 Å². The lowest BCUT2D eigenvalue weighted by molar-refractivity contribution is -0.137. The zero-order valence-corrected chi connectivity index (χ0v) is 43.5. The normalized spacial score (nSPS) is 14.4. The van der Waals surface area contributed by atoms with Crippen LogP contribution in [0.25, 0.3) is 11.4 Å². The monoisotopic (exact) mass is 1050 g/mol.